The normalized spacial score (nSPS) is 18.2. The molecular weight excluding hydrogens is 264 g/mol. The average molecular weight is 282 g/mol. The maximum Gasteiger partial charge on any atom is 0.218 e. The minimum absolute atomic E-state index is 0.0721. The first-order valence-electron chi connectivity index (χ1n) is 7.19. The van der Waals surface area contributed by atoms with Gasteiger partial charge in [0.1, 0.15) is 0 Å². The Bertz CT molecular complexity index is 797. The van der Waals surface area contributed by atoms with Gasteiger partial charge in [0.05, 0.1) is 11.3 Å². The first kappa shape index (κ1) is 13.8. The lowest BCUT2D eigenvalue weighted by Crippen LogP contribution is -2.33. The standard InChI is InChI=1S/C17H18N2O2/c1-3-16-8-13-6-12(4-5-17(13)19(16)21)15-7-14(11(2)20)9-18-10-15/h4-11,16,20H,3H2,1-2H3. The number of fused-ring (bicyclic) bond motifs is 1. The average Bonchev–Trinajstić information content (AvgIpc) is 2.83. The fourth-order valence-electron chi connectivity index (χ4n) is 2.65. The molecule has 1 aromatic heterocycles. The molecule has 2 atom stereocenters. The second-order valence-electron chi connectivity index (χ2n) is 5.42. The van der Waals surface area contributed by atoms with Gasteiger partial charge in [0, 0.05) is 30.4 Å². The Morgan fingerprint density at radius 2 is 2.10 bits per heavy atom. The highest BCUT2D eigenvalue weighted by Gasteiger charge is 2.18. The van der Waals surface area contributed by atoms with Crippen LogP contribution in [0.15, 0.2) is 36.7 Å². The number of aromatic nitrogens is 1. The summed E-state index contributed by atoms with van der Waals surface area (Å²) in [5.74, 6) is 0. The van der Waals surface area contributed by atoms with Crippen LogP contribution < -0.4 is 15.3 Å². The summed E-state index contributed by atoms with van der Waals surface area (Å²) in [6, 6.07) is 7.66. The van der Waals surface area contributed by atoms with E-state index in [0.717, 1.165) is 38.4 Å². The van der Waals surface area contributed by atoms with Crippen molar-refractivity contribution in [3.05, 3.63) is 58.0 Å². The summed E-state index contributed by atoms with van der Waals surface area (Å²) >= 11 is 0. The highest BCUT2D eigenvalue weighted by Crippen LogP contribution is 2.20. The monoisotopic (exact) mass is 282 g/mol. The summed E-state index contributed by atoms with van der Waals surface area (Å²) in [6.45, 7) is 3.73. The molecule has 0 fully saturated rings. The first-order chi connectivity index (χ1) is 10.1. The predicted octanol–water partition coefficient (Wildman–Crippen LogP) is 1.36. The molecule has 108 valence electrons. The van der Waals surface area contributed by atoms with E-state index in [0.29, 0.717) is 0 Å². The maximum absolute atomic E-state index is 12.1. The van der Waals surface area contributed by atoms with E-state index >= 15 is 0 Å². The molecule has 0 saturated carbocycles. The fraction of sp³-hybridized carbons (Fsp3) is 0.294. The Hall–Kier alpha value is -2.20. The van der Waals surface area contributed by atoms with Crippen LogP contribution in [0.4, 0.5) is 0 Å². The molecule has 0 aliphatic carbocycles. The van der Waals surface area contributed by atoms with Gasteiger partial charge in [-0.25, -0.2) is 0 Å². The van der Waals surface area contributed by atoms with Gasteiger partial charge in [0.25, 0.3) is 0 Å². The van der Waals surface area contributed by atoms with Crippen LogP contribution in [0.1, 0.15) is 31.9 Å². The van der Waals surface area contributed by atoms with Crippen LogP contribution in [0.5, 0.6) is 0 Å². The quantitative estimate of drug-likeness (QED) is 0.683. The van der Waals surface area contributed by atoms with Crippen LogP contribution in [0.3, 0.4) is 0 Å². The van der Waals surface area contributed by atoms with Gasteiger partial charge < -0.3 is 10.3 Å². The molecule has 1 aromatic carbocycles. The molecule has 2 unspecified atom stereocenters. The molecule has 0 spiro atoms. The van der Waals surface area contributed by atoms with Crippen molar-refractivity contribution in [3.8, 4) is 11.1 Å². The SMILES string of the molecule is CCC1C=c2cc(-c3cncc(C(C)O)c3)ccc2=[N+]1[O-]. The third-order valence-corrected chi connectivity index (χ3v) is 3.93. The number of rotatable bonds is 3. The Kier molecular flexibility index (Phi) is 3.47. The van der Waals surface area contributed by atoms with Crippen molar-refractivity contribution in [1.29, 1.82) is 0 Å². The Balaban J connectivity index is 2.10. The molecule has 0 radical (unpaired) electrons. The molecule has 0 amide bonds. The molecule has 4 heteroatoms. The van der Waals surface area contributed by atoms with Crippen LogP contribution in [0.2, 0.25) is 0 Å². The van der Waals surface area contributed by atoms with E-state index in [4.69, 9.17) is 0 Å². The third-order valence-electron chi connectivity index (χ3n) is 3.93. The van der Waals surface area contributed by atoms with Gasteiger partial charge in [-0.3, -0.25) is 4.98 Å². The summed E-state index contributed by atoms with van der Waals surface area (Å²) in [4.78, 5) is 4.18. The summed E-state index contributed by atoms with van der Waals surface area (Å²) in [6.07, 6.45) is 5.71. The third kappa shape index (κ3) is 2.43. The van der Waals surface area contributed by atoms with Gasteiger partial charge in [-0.1, -0.05) is 6.92 Å². The maximum atomic E-state index is 12.1. The molecule has 21 heavy (non-hydrogen) atoms. The number of hydrogen-bond donors (Lipinski definition) is 1. The van der Waals surface area contributed by atoms with Gasteiger partial charge in [-0.15, -0.1) is 0 Å². The highest BCUT2D eigenvalue weighted by molar-refractivity contribution is 5.63. The Labute approximate surface area is 123 Å². The fourth-order valence-corrected chi connectivity index (χ4v) is 2.65. The van der Waals surface area contributed by atoms with Gasteiger partial charge in [-0.05, 0) is 42.3 Å². The molecule has 4 nitrogen and oxygen atoms in total. The number of pyridine rings is 1. The number of benzene rings is 1. The van der Waals surface area contributed by atoms with E-state index < -0.39 is 6.10 Å². The van der Waals surface area contributed by atoms with Crippen LogP contribution in [-0.2, 0) is 0 Å². The van der Waals surface area contributed by atoms with E-state index in [-0.39, 0.29) is 6.04 Å². The number of aliphatic hydroxyl groups excluding tert-OH is 1. The van der Waals surface area contributed by atoms with Crippen LogP contribution in [0, 0.1) is 5.21 Å². The van der Waals surface area contributed by atoms with Crippen LogP contribution >= 0.6 is 0 Å². The van der Waals surface area contributed by atoms with Crippen LogP contribution in [0.25, 0.3) is 17.2 Å². The Morgan fingerprint density at radius 1 is 1.29 bits per heavy atom. The topological polar surface area (TPSA) is 59.2 Å². The van der Waals surface area contributed by atoms with Crippen molar-refractivity contribution >= 4 is 6.08 Å². The van der Waals surface area contributed by atoms with Gasteiger partial charge >= 0.3 is 0 Å². The molecule has 1 aliphatic heterocycles. The van der Waals surface area contributed by atoms with Crippen molar-refractivity contribution in [3.63, 3.8) is 0 Å². The number of aliphatic hydroxyl groups is 1. The van der Waals surface area contributed by atoms with Gasteiger partial charge in [0.2, 0.25) is 5.36 Å². The molecule has 0 saturated heterocycles. The van der Waals surface area contributed by atoms with E-state index in [9.17, 15) is 10.3 Å². The van der Waals surface area contributed by atoms with Crippen molar-refractivity contribution in [2.24, 2.45) is 0 Å². The largest absolute Gasteiger partial charge is 0.623 e. The summed E-state index contributed by atoms with van der Waals surface area (Å²) < 4.78 is 1.07. The minimum atomic E-state index is -0.542. The molecule has 1 aliphatic rings. The molecule has 0 bridgehead atoms. The lowest BCUT2D eigenvalue weighted by molar-refractivity contribution is 0.199. The lowest BCUT2D eigenvalue weighted by Gasteiger charge is -2.07. The van der Waals surface area contributed by atoms with Crippen molar-refractivity contribution in [2.75, 3.05) is 0 Å². The second kappa shape index (κ2) is 5.30. The Morgan fingerprint density at radius 3 is 2.81 bits per heavy atom. The van der Waals surface area contributed by atoms with Gasteiger partial charge in [0.15, 0.2) is 6.04 Å². The number of hydrogen-bond acceptors (Lipinski definition) is 3. The highest BCUT2D eigenvalue weighted by atomic mass is 16.5. The minimum Gasteiger partial charge on any atom is -0.623 e. The summed E-state index contributed by atoms with van der Waals surface area (Å²) in [5, 5.41) is 23.4. The smallest absolute Gasteiger partial charge is 0.218 e. The molecular formula is C17H18N2O2. The second-order valence-corrected chi connectivity index (χ2v) is 5.42. The van der Waals surface area contributed by atoms with E-state index in [2.05, 4.69) is 4.98 Å². The molecule has 1 N–H and O–H groups in total. The summed E-state index contributed by atoms with van der Waals surface area (Å²) in [5.41, 5.74) is 2.74. The first-order valence-corrected chi connectivity index (χ1v) is 7.19. The molecule has 2 heterocycles. The number of hydroxylamine groups is 1. The zero-order valence-electron chi connectivity index (χ0n) is 12.2. The zero-order chi connectivity index (χ0) is 15.0. The van der Waals surface area contributed by atoms with E-state index in [1.807, 2.05) is 37.3 Å². The predicted molar refractivity (Wildman–Crippen MR) is 82.7 cm³/mol. The lowest BCUT2D eigenvalue weighted by atomic mass is 10.0. The number of nitrogens with zero attached hydrogens (tertiary/aromatic N) is 2. The van der Waals surface area contributed by atoms with Gasteiger partial charge in [-0.2, -0.15) is 4.74 Å². The van der Waals surface area contributed by atoms with Crippen LogP contribution in [-0.4, -0.2) is 16.1 Å². The summed E-state index contributed by atoms with van der Waals surface area (Å²) in [7, 11) is 0. The molecule has 3 rings (SSSR count). The van der Waals surface area contributed by atoms with Crippen molar-refractivity contribution < 1.29 is 5.11 Å². The van der Waals surface area contributed by atoms with E-state index in [1.54, 1.807) is 19.3 Å². The zero-order valence-corrected chi connectivity index (χ0v) is 12.2. The van der Waals surface area contributed by atoms with E-state index in [1.165, 1.54) is 0 Å². The molecule has 2 aromatic rings. The van der Waals surface area contributed by atoms with Crippen molar-refractivity contribution in [2.45, 2.75) is 32.4 Å². The van der Waals surface area contributed by atoms with Crippen molar-refractivity contribution in [1.82, 2.24) is 9.72 Å².